The summed E-state index contributed by atoms with van der Waals surface area (Å²) in [7, 11) is 2.38. The fourth-order valence-corrected chi connectivity index (χ4v) is 1.68. The van der Waals surface area contributed by atoms with Gasteiger partial charge in [0.2, 0.25) is 5.69 Å². The van der Waals surface area contributed by atoms with Gasteiger partial charge >= 0.3 is 11.9 Å². The quantitative estimate of drug-likeness (QED) is 0.798. The molecule has 1 aromatic carbocycles. The van der Waals surface area contributed by atoms with Gasteiger partial charge in [0, 0.05) is 5.02 Å². The van der Waals surface area contributed by atoms with E-state index in [1.165, 1.54) is 18.9 Å². The monoisotopic (exact) mass is 295 g/mol. The third kappa shape index (κ3) is 2.48. The van der Waals surface area contributed by atoms with Gasteiger partial charge in [-0.15, -0.1) is 5.10 Å². The summed E-state index contributed by atoms with van der Waals surface area (Å²) in [5.41, 5.74) is 0.188. The zero-order valence-electron chi connectivity index (χ0n) is 10.7. The largest absolute Gasteiger partial charge is 0.464 e. The van der Waals surface area contributed by atoms with Crippen molar-refractivity contribution in [2.45, 2.75) is 0 Å². The summed E-state index contributed by atoms with van der Waals surface area (Å²) >= 11 is 5.80. The van der Waals surface area contributed by atoms with Gasteiger partial charge in [-0.25, -0.2) is 14.3 Å². The number of ether oxygens (including phenoxy) is 2. The van der Waals surface area contributed by atoms with E-state index in [1.807, 2.05) is 0 Å². The van der Waals surface area contributed by atoms with Gasteiger partial charge in [0.05, 0.1) is 19.9 Å². The summed E-state index contributed by atoms with van der Waals surface area (Å²) in [6, 6.07) is 6.50. The van der Waals surface area contributed by atoms with Crippen molar-refractivity contribution in [2.24, 2.45) is 0 Å². The Balaban J connectivity index is 2.59. The summed E-state index contributed by atoms with van der Waals surface area (Å²) in [6.45, 7) is 0. The zero-order chi connectivity index (χ0) is 14.7. The van der Waals surface area contributed by atoms with Gasteiger partial charge in [0.25, 0.3) is 0 Å². The van der Waals surface area contributed by atoms with E-state index in [1.54, 1.807) is 24.3 Å². The first-order valence-electron chi connectivity index (χ1n) is 5.46. The third-order valence-corrected chi connectivity index (χ3v) is 2.75. The molecular formula is C12H10ClN3O4. The average Bonchev–Trinajstić information content (AvgIpc) is 2.91. The minimum Gasteiger partial charge on any atom is -0.464 e. The molecule has 0 unspecified atom stereocenters. The summed E-state index contributed by atoms with van der Waals surface area (Å²) in [5.74, 6) is -1.52. The van der Waals surface area contributed by atoms with Gasteiger partial charge < -0.3 is 9.47 Å². The summed E-state index contributed by atoms with van der Waals surface area (Å²) in [5, 5.41) is 7.96. The van der Waals surface area contributed by atoms with Gasteiger partial charge in [-0.1, -0.05) is 16.8 Å². The molecule has 7 nitrogen and oxygen atoms in total. The molecule has 20 heavy (non-hydrogen) atoms. The Morgan fingerprint density at radius 2 is 1.70 bits per heavy atom. The zero-order valence-corrected chi connectivity index (χ0v) is 11.4. The fraction of sp³-hybridized carbons (Fsp3) is 0.167. The van der Waals surface area contributed by atoms with Crippen LogP contribution in [0.25, 0.3) is 5.69 Å². The van der Waals surface area contributed by atoms with Crippen LogP contribution in [-0.4, -0.2) is 41.2 Å². The first-order valence-corrected chi connectivity index (χ1v) is 5.84. The van der Waals surface area contributed by atoms with Crippen LogP contribution in [0.15, 0.2) is 24.3 Å². The Bertz CT molecular complexity index is 651. The van der Waals surface area contributed by atoms with E-state index in [2.05, 4.69) is 19.8 Å². The first kappa shape index (κ1) is 14.0. The standard InChI is InChI=1S/C12H10ClN3O4/c1-19-11(17)9-10(12(18)20-2)16(15-14-9)8-5-3-7(13)4-6-8/h3-6H,1-2H3. The van der Waals surface area contributed by atoms with E-state index in [0.717, 1.165) is 0 Å². The van der Waals surface area contributed by atoms with Crippen LogP contribution in [0.2, 0.25) is 5.02 Å². The average molecular weight is 296 g/mol. The highest BCUT2D eigenvalue weighted by Crippen LogP contribution is 2.17. The van der Waals surface area contributed by atoms with Gasteiger partial charge in [-0.05, 0) is 24.3 Å². The molecule has 0 bridgehead atoms. The molecule has 1 heterocycles. The number of carbonyl (C=O) groups excluding carboxylic acids is 2. The molecule has 0 spiro atoms. The van der Waals surface area contributed by atoms with Crippen molar-refractivity contribution in [3.63, 3.8) is 0 Å². The lowest BCUT2D eigenvalue weighted by molar-refractivity contribution is 0.0546. The SMILES string of the molecule is COC(=O)c1nnn(-c2ccc(Cl)cc2)c1C(=O)OC. The molecule has 2 rings (SSSR count). The molecule has 0 amide bonds. The molecule has 0 atom stereocenters. The lowest BCUT2D eigenvalue weighted by Gasteiger charge is -2.05. The number of benzene rings is 1. The van der Waals surface area contributed by atoms with Crippen LogP contribution < -0.4 is 0 Å². The van der Waals surface area contributed by atoms with E-state index < -0.39 is 11.9 Å². The summed E-state index contributed by atoms with van der Waals surface area (Å²) < 4.78 is 10.4. The minimum absolute atomic E-state index is 0.110. The van der Waals surface area contributed by atoms with Gasteiger partial charge in [0.15, 0.2) is 5.69 Å². The fourth-order valence-electron chi connectivity index (χ4n) is 1.56. The molecule has 0 aliphatic heterocycles. The molecule has 0 N–H and O–H groups in total. The molecule has 0 fully saturated rings. The Kier molecular flexibility index (Phi) is 3.99. The molecular weight excluding hydrogens is 286 g/mol. The van der Waals surface area contributed by atoms with E-state index in [-0.39, 0.29) is 11.4 Å². The molecule has 1 aromatic heterocycles. The second-order valence-corrected chi connectivity index (χ2v) is 4.09. The van der Waals surface area contributed by atoms with Crippen molar-refractivity contribution in [1.82, 2.24) is 15.0 Å². The highest BCUT2D eigenvalue weighted by atomic mass is 35.5. The van der Waals surface area contributed by atoms with Crippen LogP contribution in [0.1, 0.15) is 21.0 Å². The van der Waals surface area contributed by atoms with E-state index in [4.69, 9.17) is 11.6 Å². The number of aromatic nitrogens is 3. The molecule has 0 radical (unpaired) electrons. The topological polar surface area (TPSA) is 83.3 Å². The molecule has 8 heteroatoms. The van der Waals surface area contributed by atoms with Crippen LogP contribution in [0, 0.1) is 0 Å². The molecule has 2 aromatic rings. The van der Waals surface area contributed by atoms with Gasteiger partial charge in [0.1, 0.15) is 0 Å². The van der Waals surface area contributed by atoms with Gasteiger partial charge in [-0.3, -0.25) is 0 Å². The van der Waals surface area contributed by atoms with Crippen LogP contribution in [0.5, 0.6) is 0 Å². The predicted octanol–water partition coefficient (Wildman–Crippen LogP) is 1.49. The van der Waals surface area contributed by atoms with Gasteiger partial charge in [-0.2, -0.15) is 0 Å². The van der Waals surface area contributed by atoms with Crippen molar-refractivity contribution >= 4 is 23.5 Å². The summed E-state index contributed by atoms with van der Waals surface area (Å²) in [4.78, 5) is 23.4. The van der Waals surface area contributed by atoms with Crippen molar-refractivity contribution in [2.75, 3.05) is 14.2 Å². The Morgan fingerprint density at radius 3 is 2.25 bits per heavy atom. The molecule has 0 saturated carbocycles. The normalized spacial score (nSPS) is 10.2. The molecule has 0 aliphatic rings. The maximum Gasteiger partial charge on any atom is 0.361 e. The minimum atomic E-state index is -0.773. The molecule has 0 aliphatic carbocycles. The number of hydrogen-bond acceptors (Lipinski definition) is 6. The number of halogens is 1. The number of esters is 2. The Labute approximate surface area is 119 Å². The van der Waals surface area contributed by atoms with Crippen molar-refractivity contribution in [1.29, 1.82) is 0 Å². The van der Waals surface area contributed by atoms with Crippen molar-refractivity contribution in [3.05, 3.63) is 40.7 Å². The highest BCUT2D eigenvalue weighted by molar-refractivity contribution is 6.30. The third-order valence-electron chi connectivity index (χ3n) is 2.50. The number of methoxy groups -OCH3 is 2. The lowest BCUT2D eigenvalue weighted by atomic mass is 10.2. The highest BCUT2D eigenvalue weighted by Gasteiger charge is 2.27. The van der Waals surface area contributed by atoms with E-state index in [0.29, 0.717) is 10.7 Å². The van der Waals surface area contributed by atoms with E-state index >= 15 is 0 Å². The second-order valence-electron chi connectivity index (χ2n) is 3.66. The first-order chi connectivity index (χ1) is 9.58. The maximum absolute atomic E-state index is 11.8. The predicted molar refractivity (Wildman–Crippen MR) is 69.0 cm³/mol. The van der Waals surface area contributed by atoms with Crippen LogP contribution >= 0.6 is 11.6 Å². The number of hydrogen-bond donors (Lipinski definition) is 0. The second kappa shape index (κ2) is 5.70. The molecule has 104 valence electrons. The lowest BCUT2D eigenvalue weighted by Crippen LogP contribution is -2.15. The van der Waals surface area contributed by atoms with Crippen LogP contribution in [-0.2, 0) is 9.47 Å². The van der Waals surface area contributed by atoms with Crippen molar-refractivity contribution < 1.29 is 19.1 Å². The summed E-state index contributed by atoms with van der Waals surface area (Å²) in [6.07, 6.45) is 0. The number of rotatable bonds is 3. The van der Waals surface area contributed by atoms with Crippen LogP contribution in [0.3, 0.4) is 0 Å². The smallest absolute Gasteiger partial charge is 0.361 e. The Hall–Kier alpha value is -2.41. The number of nitrogens with zero attached hydrogens (tertiary/aromatic N) is 3. The van der Waals surface area contributed by atoms with E-state index in [9.17, 15) is 9.59 Å². The molecule has 0 saturated heterocycles. The number of carbonyl (C=O) groups is 2. The Morgan fingerprint density at radius 1 is 1.10 bits per heavy atom. The van der Waals surface area contributed by atoms with Crippen molar-refractivity contribution in [3.8, 4) is 5.69 Å². The maximum atomic E-state index is 11.8. The van der Waals surface area contributed by atoms with Crippen LogP contribution in [0.4, 0.5) is 0 Å².